The predicted octanol–water partition coefficient (Wildman–Crippen LogP) is 3.55. The summed E-state index contributed by atoms with van der Waals surface area (Å²) in [5, 5.41) is 3.82. The number of nitrogens with zero attached hydrogens (tertiary/aromatic N) is 2. The first-order valence-electron chi connectivity index (χ1n) is 9.29. The van der Waals surface area contributed by atoms with Crippen LogP contribution in [-0.2, 0) is 14.8 Å². The number of anilines is 1. The molecule has 2 aromatic carbocycles. The quantitative estimate of drug-likeness (QED) is 0.463. The van der Waals surface area contributed by atoms with Gasteiger partial charge in [-0.3, -0.25) is 9.10 Å². The number of nitrogens with one attached hydrogen (secondary N) is 1. The monoisotopic (exact) mass is 425 g/mol. The van der Waals surface area contributed by atoms with Gasteiger partial charge in [-0.05, 0) is 68.3 Å². The number of furan rings is 1. The maximum atomic E-state index is 13.3. The van der Waals surface area contributed by atoms with Crippen molar-refractivity contribution < 1.29 is 17.6 Å². The standard InChI is InChI=1S/C22H23N3O4S/c1-16-6-10-21(11-7-16)30(27,28)25(19-9-8-17(2)18(3)13-19)15-22(26)24-23-14-20-5-4-12-29-20/h4-14H,15H2,1-3H3,(H,24,26)/b23-14-. The van der Waals surface area contributed by atoms with E-state index >= 15 is 0 Å². The van der Waals surface area contributed by atoms with Crippen molar-refractivity contribution in [2.24, 2.45) is 5.10 Å². The van der Waals surface area contributed by atoms with Crippen molar-refractivity contribution in [3.05, 3.63) is 83.3 Å². The largest absolute Gasteiger partial charge is 0.463 e. The van der Waals surface area contributed by atoms with E-state index in [1.807, 2.05) is 26.8 Å². The molecule has 3 rings (SSSR count). The Morgan fingerprint density at radius 1 is 1.07 bits per heavy atom. The lowest BCUT2D eigenvalue weighted by Gasteiger charge is -2.24. The zero-order valence-electron chi connectivity index (χ0n) is 17.0. The predicted molar refractivity (Wildman–Crippen MR) is 116 cm³/mol. The van der Waals surface area contributed by atoms with Crippen LogP contribution in [0.25, 0.3) is 0 Å². The van der Waals surface area contributed by atoms with E-state index in [1.54, 1.807) is 36.4 Å². The van der Waals surface area contributed by atoms with E-state index in [2.05, 4.69) is 10.5 Å². The second-order valence-electron chi connectivity index (χ2n) is 6.90. The number of benzene rings is 2. The number of sulfonamides is 1. The lowest BCUT2D eigenvalue weighted by molar-refractivity contribution is -0.119. The third-order valence-electron chi connectivity index (χ3n) is 4.60. The Hall–Kier alpha value is -3.39. The summed E-state index contributed by atoms with van der Waals surface area (Å²) in [6.07, 6.45) is 2.82. The molecule has 0 unspecified atom stereocenters. The van der Waals surface area contributed by atoms with Crippen LogP contribution in [0, 0.1) is 20.8 Å². The van der Waals surface area contributed by atoms with Crippen LogP contribution >= 0.6 is 0 Å². The van der Waals surface area contributed by atoms with Gasteiger partial charge in [0.25, 0.3) is 15.9 Å². The molecule has 0 spiro atoms. The summed E-state index contributed by atoms with van der Waals surface area (Å²) in [5.41, 5.74) is 5.64. The highest BCUT2D eigenvalue weighted by Crippen LogP contribution is 2.25. The van der Waals surface area contributed by atoms with Crippen molar-refractivity contribution in [1.29, 1.82) is 0 Å². The minimum Gasteiger partial charge on any atom is -0.463 e. The third kappa shape index (κ3) is 4.96. The second-order valence-corrected chi connectivity index (χ2v) is 8.76. The molecule has 8 heteroatoms. The topological polar surface area (TPSA) is 92.0 Å². The molecular weight excluding hydrogens is 402 g/mol. The Kier molecular flexibility index (Phi) is 6.37. The molecule has 0 atom stereocenters. The number of aryl methyl sites for hydroxylation is 3. The molecule has 0 aliphatic rings. The fraction of sp³-hybridized carbons (Fsp3) is 0.182. The van der Waals surface area contributed by atoms with Gasteiger partial charge in [0.2, 0.25) is 0 Å². The SMILES string of the molecule is Cc1ccc(S(=O)(=O)N(CC(=O)N/N=C\c2ccco2)c2ccc(C)c(C)c2)cc1. The van der Waals surface area contributed by atoms with E-state index in [4.69, 9.17) is 4.42 Å². The fourth-order valence-corrected chi connectivity index (χ4v) is 4.14. The minimum atomic E-state index is -3.96. The zero-order chi connectivity index (χ0) is 21.7. The second kappa shape index (κ2) is 8.96. The van der Waals surface area contributed by atoms with Crippen LogP contribution in [0.4, 0.5) is 5.69 Å². The summed E-state index contributed by atoms with van der Waals surface area (Å²) < 4.78 is 32.8. The van der Waals surface area contributed by atoms with Gasteiger partial charge in [-0.15, -0.1) is 0 Å². The average Bonchev–Trinajstić information content (AvgIpc) is 3.22. The number of hydrazone groups is 1. The van der Waals surface area contributed by atoms with Crippen LogP contribution < -0.4 is 9.73 Å². The van der Waals surface area contributed by atoms with Gasteiger partial charge >= 0.3 is 0 Å². The summed E-state index contributed by atoms with van der Waals surface area (Å²) in [7, 11) is -3.96. The van der Waals surface area contributed by atoms with E-state index in [0.717, 1.165) is 21.0 Å². The van der Waals surface area contributed by atoms with Crippen LogP contribution in [0.15, 0.2) is 75.3 Å². The molecule has 0 aliphatic carbocycles. The number of hydrogen-bond acceptors (Lipinski definition) is 5. The normalized spacial score (nSPS) is 11.6. The number of carbonyl (C=O) groups excluding carboxylic acids is 1. The van der Waals surface area contributed by atoms with Crippen molar-refractivity contribution >= 4 is 27.8 Å². The van der Waals surface area contributed by atoms with Crippen LogP contribution in [0.3, 0.4) is 0 Å². The van der Waals surface area contributed by atoms with Crippen LogP contribution in [0.1, 0.15) is 22.5 Å². The molecule has 0 bridgehead atoms. The van der Waals surface area contributed by atoms with Gasteiger partial charge < -0.3 is 4.42 Å². The first-order valence-corrected chi connectivity index (χ1v) is 10.7. The van der Waals surface area contributed by atoms with Gasteiger partial charge in [0.05, 0.1) is 23.1 Å². The van der Waals surface area contributed by atoms with Gasteiger partial charge in [-0.25, -0.2) is 13.8 Å². The van der Waals surface area contributed by atoms with Gasteiger partial charge in [0, 0.05) is 0 Å². The fourth-order valence-electron chi connectivity index (χ4n) is 2.73. The van der Waals surface area contributed by atoms with Crippen molar-refractivity contribution in [3.8, 4) is 0 Å². The lowest BCUT2D eigenvalue weighted by atomic mass is 10.1. The number of carbonyl (C=O) groups is 1. The summed E-state index contributed by atoms with van der Waals surface area (Å²) in [6.45, 7) is 5.29. The van der Waals surface area contributed by atoms with E-state index < -0.39 is 22.5 Å². The van der Waals surface area contributed by atoms with E-state index in [9.17, 15) is 13.2 Å². The molecule has 0 radical (unpaired) electrons. The molecule has 1 amide bonds. The summed E-state index contributed by atoms with van der Waals surface area (Å²) >= 11 is 0. The highest BCUT2D eigenvalue weighted by atomic mass is 32.2. The molecule has 1 aromatic heterocycles. The number of rotatable bonds is 7. The molecule has 0 saturated heterocycles. The van der Waals surface area contributed by atoms with Crippen LogP contribution in [0.5, 0.6) is 0 Å². The smallest absolute Gasteiger partial charge is 0.264 e. The molecule has 0 saturated carbocycles. The van der Waals surface area contributed by atoms with E-state index in [1.165, 1.54) is 24.6 Å². The van der Waals surface area contributed by atoms with Gasteiger partial charge in [-0.1, -0.05) is 23.8 Å². The highest BCUT2D eigenvalue weighted by molar-refractivity contribution is 7.92. The highest BCUT2D eigenvalue weighted by Gasteiger charge is 2.27. The summed E-state index contributed by atoms with van der Waals surface area (Å²) in [4.78, 5) is 12.6. The molecule has 0 fully saturated rings. The van der Waals surface area contributed by atoms with Gasteiger partial charge in [0.15, 0.2) is 0 Å². The Labute approximate surface area is 176 Å². The average molecular weight is 426 g/mol. The van der Waals surface area contributed by atoms with Crippen LogP contribution in [0.2, 0.25) is 0 Å². The Morgan fingerprint density at radius 3 is 2.43 bits per heavy atom. The van der Waals surface area contributed by atoms with Gasteiger partial charge in [-0.2, -0.15) is 5.10 Å². The lowest BCUT2D eigenvalue weighted by Crippen LogP contribution is -2.39. The maximum Gasteiger partial charge on any atom is 0.264 e. The van der Waals surface area contributed by atoms with E-state index in [-0.39, 0.29) is 4.90 Å². The first-order chi connectivity index (χ1) is 14.3. The Balaban J connectivity index is 1.90. The number of hydrogen-bond donors (Lipinski definition) is 1. The Morgan fingerprint density at radius 2 is 1.80 bits per heavy atom. The maximum absolute atomic E-state index is 13.3. The minimum absolute atomic E-state index is 0.109. The molecule has 0 aliphatic heterocycles. The van der Waals surface area contributed by atoms with Crippen LogP contribution in [-0.4, -0.2) is 27.1 Å². The molecule has 3 aromatic rings. The molecular formula is C22H23N3O4S. The third-order valence-corrected chi connectivity index (χ3v) is 6.39. The molecule has 30 heavy (non-hydrogen) atoms. The molecule has 156 valence electrons. The summed E-state index contributed by atoms with van der Waals surface area (Å²) in [5.74, 6) is -0.111. The zero-order valence-corrected chi connectivity index (χ0v) is 17.8. The van der Waals surface area contributed by atoms with Crippen molar-refractivity contribution in [3.63, 3.8) is 0 Å². The molecule has 1 heterocycles. The van der Waals surface area contributed by atoms with Crippen molar-refractivity contribution in [2.75, 3.05) is 10.8 Å². The molecule has 7 nitrogen and oxygen atoms in total. The van der Waals surface area contributed by atoms with E-state index in [0.29, 0.717) is 11.4 Å². The van der Waals surface area contributed by atoms with Crippen molar-refractivity contribution in [2.45, 2.75) is 25.7 Å². The first kappa shape index (κ1) is 21.3. The Bertz CT molecular complexity index is 1150. The number of amides is 1. The molecule has 1 N–H and O–H groups in total. The summed E-state index contributed by atoms with van der Waals surface area (Å²) in [6, 6.07) is 15.1. The van der Waals surface area contributed by atoms with Crippen molar-refractivity contribution in [1.82, 2.24) is 5.43 Å². The van der Waals surface area contributed by atoms with Gasteiger partial charge in [0.1, 0.15) is 12.3 Å².